The van der Waals surface area contributed by atoms with Crippen LogP contribution in [-0.4, -0.2) is 35.0 Å². The van der Waals surface area contributed by atoms with Crippen molar-refractivity contribution in [2.45, 2.75) is 19.4 Å². The van der Waals surface area contributed by atoms with Crippen molar-refractivity contribution in [3.05, 3.63) is 58.0 Å². The molecule has 3 heterocycles. The predicted molar refractivity (Wildman–Crippen MR) is 103 cm³/mol. The average Bonchev–Trinajstić information content (AvgIpc) is 3.35. The van der Waals surface area contributed by atoms with E-state index in [0.29, 0.717) is 6.54 Å². The van der Waals surface area contributed by atoms with Crippen molar-refractivity contribution in [2.24, 2.45) is 0 Å². The molecular formula is C19H20N4O2S. The molecule has 0 N–H and O–H groups in total. The van der Waals surface area contributed by atoms with Crippen molar-refractivity contribution in [3.8, 4) is 16.3 Å². The Balaban J connectivity index is 1.53. The average molecular weight is 368 g/mol. The van der Waals surface area contributed by atoms with Gasteiger partial charge in [0, 0.05) is 35.8 Å². The molecule has 0 unspecified atom stereocenters. The lowest BCUT2D eigenvalue weighted by Gasteiger charge is -2.16. The standard InChI is InChI=1S/C19H20N4O2S/c1-25-16-6-4-5-14(9-16)19-20-12-17(26-19)13-23-18(24)10-15(11-21-23)22-7-2-3-8-22/h4-6,9-12H,2-3,7-8,13H2,1H3. The van der Waals surface area contributed by atoms with Crippen LogP contribution in [0.5, 0.6) is 5.75 Å². The van der Waals surface area contributed by atoms with Gasteiger partial charge in [-0.1, -0.05) is 12.1 Å². The summed E-state index contributed by atoms with van der Waals surface area (Å²) in [5.41, 5.74) is 1.85. The number of methoxy groups -OCH3 is 1. The van der Waals surface area contributed by atoms with Crippen LogP contribution in [0.2, 0.25) is 0 Å². The molecule has 4 rings (SSSR count). The summed E-state index contributed by atoms with van der Waals surface area (Å²) in [4.78, 5) is 20.1. The number of aromatic nitrogens is 3. The van der Waals surface area contributed by atoms with E-state index in [2.05, 4.69) is 15.0 Å². The van der Waals surface area contributed by atoms with Gasteiger partial charge in [0.25, 0.3) is 5.56 Å². The smallest absolute Gasteiger partial charge is 0.269 e. The molecule has 3 aromatic rings. The van der Waals surface area contributed by atoms with E-state index in [1.54, 1.807) is 30.7 Å². The van der Waals surface area contributed by atoms with Crippen LogP contribution < -0.4 is 15.2 Å². The first-order valence-corrected chi connectivity index (χ1v) is 9.46. The molecule has 7 heteroatoms. The van der Waals surface area contributed by atoms with Gasteiger partial charge >= 0.3 is 0 Å². The molecule has 0 saturated carbocycles. The van der Waals surface area contributed by atoms with Gasteiger partial charge < -0.3 is 9.64 Å². The molecule has 0 amide bonds. The number of anilines is 1. The van der Waals surface area contributed by atoms with Crippen LogP contribution in [0.4, 0.5) is 5.69 Å². The van der Waals surface area contributed by atoms with E-state index >= 15 is 0 Å². The summed E-state index contributed by atoms with van der Waals surface area (Å²) in [6, 6.07) is 9.49. The van der Waals surface area contributed by atoms with Gasteiger partial charge in [-0.25, -0.2) is 9.67 Å². The molecule has 0 atom stereocenters. The lowest BCUT2D eigenvalue weighted by atomic mass is 10.2. The molecule has 0 aliphatic carbocycles. The molecule has 134 valence electrons. The summed E-state index contributed by atoms with van der Waals surface area (Å²) in [5.74, 6) is 0.801. The topological polar surface area (TPSA) is 60.2 Å². The lowest BCUT2D eigenvalue weighted by Crippen LogP contribution is -2.26. The van der Waals surface area contributed by atoms with E-state index in [1.807, 2.05) is 30.5 Å². The summed E-state index contributed by atoms with van der Waals surface area (Å²) in [7, 11) is 1.65. The maximum Gasteiger partial charge on any atom is 0.269 e. The van der Waals surface area contributed by atoms with Crippen molar-refractivity contribution < 1.29 is 4.74 Å². The molecule has 1 fully saturated rings. The van der Waals surface area contributed by atoms with Crippen LogP contribution in [-0.2, 0) is 6.54 Å². The van der Waals surface area contributed by atoms with Crippen molar-refractivity contribution in [3.63, 3.8) is 0 Å². The van der Waals surface area contributed by atoms with Crippen LogP contribution in [0.1, 0.15) is 17.7 Å². The molecule has 0 bridgehead atoms. The van der Waals surface area contributed by atoms with E-state index in [1.165, 1.54) is 17.5 Å². The fraction of sp³-hybridized carbons (Fsp3) is 0.316. The van der Waals surface area contributed by atoms with Gasteiger partial charge in [-0.3, -0.25) is 4.79 Å². The fourth-order valence-corrected chi connectivity index (χ4v) is 4.00. The summed E-state index contributed by atoms with van der Waals surface area (Å²) in [5, 5.41) is 5.25. The first-order chi connectivity index (χ1) is 12.7. The number of hydrogen-bond acceptors (Lipinski definition) is 6. The molecular weight excluding hydrogens is 348 g/mol. The van der Waals surface area contributed by atoms with Gasteiger partial charge in [-0.15, -0.1) is 11.3 Å². The Morgan fingerprint density at radius 2 is 2.04 bits per heavy atom. The summed E-state index contributed by atoms with van der Waals surface area (Å²) in [6.45, 7) is 2.44. The highest BCUT2D eigenvalue weighted by Crippen LogP contribution is 2.28. The Hall–Kier alpha value is -2.67. The molecule has 2 aromatic heterocycles. The SMILES string of the molecule is COc1cccc(-c2ncc(Cn3ncc(N4CCCC4)cc3=O)s2)c1. The first-order valence-electron chi connectivity index (χ1n) is 8.64. The minimum absolute atomic E-state index is 0.0780. The van der Waals surface area contributed by atoms with E-state index in [0.717, 1.165) is 40.0 Å². The minimum atomic E-state index is -0.0780. The Kier molecular flexibility index (Phi) is 4.71. The Labute approximate surface area is 155 Å². The Morgan fingerprint density at radius 3 is 2.81 bits per heavy atom. The Morgan fingerprint density at radius 1 is 1.19 bits per heavy atom. The molecule has 1 aromatic carbocycles. The van der Waals surface area contributed by atoms with Gasteiger partial charge in [0.2, 0.25) is 0 Å². The Bertz CT molecular complexity index is 960. The second kappa shape index (κ2) is 7.29. The molecule has 1 saturated heterocycles. The van der Waals surface area contributed by atoms with Gasteiger partial charge in [0.1, 0.15) is 10.8 Å². The number of rotatable bonds is 5. The van der Waals surface area contributed by atoms with Crippen LogP contribution in [0, 0.1) is 0 Å². The maximum absolute atomic E-state index is 12.4. The highest BCUT2D eigenvalue weighted by molar-refractivity contribution is 7.15. The van der Waals surface area contributed by atoms with E-state index in [-0.39, 0.29) is 5.56 Å². The van der Waals surface area contributed by atoms with Crippen molar-refractivity contribution in [1.82, 2.24) is 14.8 Å². The van der Waals surface area contributed by atoms with Crippen molar-refractivity contribution in [1.29, 1.82) is 0 Å². The molecule has 26 heavy (non-hydrogen) atoms. The number of hydrogen-bond donors (Lipinski definition) is 0. The quantitative estimate of drug-likeness (QED) is 0.693. The molecule has 0 spiro atoms. The van der Waals surface area contributed by atoms with E-state index in [4.69, 9.17) is 4.74 Å². The fourth-order valence-electron chi connectivity index (χ4n) is 3.11. The minimum Gasteiger partial charge on any atom is -0.497 e. The maximum atomic E-state index is 12.4. The monoisotopic (exact) mass is 368 g/mol. The third kappa shape index (κ3) is 3.48. The second-order valence-corrected chi connectivity index (χ2v) is 7.38. The van der Waals surface area contributed by atoms with Crippen LogP contribution in [0.25, 0.3) is 10.6 Å². The zero-order valence-electron chi connectivity index (χ0n) is 14.6. The molecule has 1 aliphatic heterocycles. The highest BCUT2D eigenvalue weighted by atomic mass is 32.1. The molecule has 0 radical (unpaired) electrons. The highest BCUT2D eigenvalue weighted by Gasteiger charge is 2.14. The number of thiazole rings is 1. The van der Waals surface area contributed by atoms with Crippen LogP contribution in [0.3, 0.4) is 0 Å². The normalized spacial score (nSPS) is 14.0. The first kappa shape index (κ1) is 16.8. The third-order valence-corrected chi connectivity index (χ3v) is 5.53. The van der Waals surface area contributed by atoms with Gasteiger partial charge in [0.15, 0.2) is 0 Å². The van der Waals surface area contributed by atoms with E-state index in [9.17, 15) is 4.79 Å². The van der Waals surface area contributed by atoms with E-state index < -0.39 is 0 Å². The molecule has 1 aliphatic rings. The summed E-state index contributed by atoms with van der Waals surface area (Å²) >= 11 is 1.56. The van der Waals surface area contributed by atoms with Crippen molar-refractivity contribution >= 4 is 17.0 Å². The van der Waals surface area contributed by atoms with Gasteiger partial charge in [0.05, 0.1) is 25.5 Å². The largest absolute Gasteiger partial charge is 0.497 e. The molecule has 6 nitrogen and oxygen atoms in total. The van der Waals surface area contributed by atoms with Crippen molar-refractivity contribution in [2.75, 3.05) is 25.1 Å². The van der Waals surface area contributed by atoms with Gasteiger partial charge in [-0.05, 0) is 25.0 Å². The second-order valence-electron chi connectivity index (χ2n) is 6.27. The summed E-state index contributed by atoms with van der Waals surface area (Å²) in [6.07, 6.45) is 5.95. The lowest BCUT2D eigenvalue weighted by molar-refractivity contribution is 0.415. The predicted octanol–water partition coefficient (Wildman–Crippen LogP) is 3.02. The van der Waals surface area contributed by atoms with Crippen LogP contribution in [0.15, 0.2) is 47.5 Å². The number of benzene rings is 1. The zero-order chi connectivity index (χ0) is 17.9. The number of ether oxygens (including phenoxy) is 1. The zero-order valence-corrected chi connectivity index (χ0v) is 15.4. The van der Waals surface area contributed by atoms with Crippen LogP contribution >= 0.6 is 11.3 Å². The third-order valence-electron chi connectivity index (χ3n) is 4.50. The summed E-state index contributed by atoms with van der Waals surface area (Å²) < 4.78 is 6.75. The van der Waals surface area contributed by atoms with Gasteiger partial charge in [-0.2, -0.15) is 5.10 Å². The number of nitrogens with zero attached hydrogens (tertiary/aromatic N) is 4.